The lowest BCUT2D eigenvalue weighted by Crippen LogP contribution is -2.07. The molecule has 0 heterocycles. The van der Waals surface area contributed by atoms with Crippen molar-refractivity contribution in [3.05, 3.63) is 35.9 Å². The Bertz CT molecular complexity index is 349. The highest BCUT2D eigenvalue weighted by Crippen LogP contribution is 2.26. The average molecular weight is 249 g/mol. The van der Waals surface area contributed by atoms with Crippen molar-refractivity contribution in [3.63, 3.8) is 0 Å². The molecule has 1 rings (SSSR count). The molecule has 0 aliphatic heterocycles. The Morgan fingerprint density at radius 1 is 1.18 bits per heavy atom. The summed E-state index contributed by atoms with van der Waals surface area (Å²) in [5.74, 6) is 0. The van der Waals surface area contributed by atoms with Crippen molar-refractivity contribution in [2.24, 2.45) is 4.40 Å². The first-order valence-corrected chi connectivity index (χ1v) is 7.11. The molecule has 0 aliphatic rings. The van der Waals surface area contributed by atoms with Gasteiger partial charge in [0.25, 0.3) is 0 Å². The maximum absolute atomic E-state index is 4.74. The Balaban J connectivity index is 2.81. The number of hydrogen-bond acceptors (Lipinski definition) is 2. The molecule has 0 amide bonds. The standard InChI is InChI=1S/C15H23NS/c1-5-6-12-14(16-17-15(2,3)4)13-10-8-7-9-11-13/h7-11H,5-6,12H2,1-4H3. The van der Waals surface area contributed by atoms with Gasteiger partial charge in [-0.05, 0) is 51.1 Å². The van der Waals surface area contributed by atoms with Crippen molar-refractivity contribution >= 4 is 17.7 Å². The van der Waals surface area contributed by atoms with Crippen LogP contribution in [-0.4, -0.2) is 10.5 Å². The number of unbranched alkanes of at least 4 members (excludes halogenated alkanes) is 1. The molecule has 17 heavy (non-hydrogen) atoms. The summed E-state index contributed by atoms with van der Waals surface area (Å²) in [5.41, 5.74) is 2.49. The quantitative estimate of drug-likeness (QED) is 0.521. The first-order valence-electron chi connectivity index (χ1n) is 6.33. The van der Waals surface area contributed by atoms with Crippen LogP contribution in [0.15, 0.2) is 34.7 Å². The molecule has 1 aromatic carbocycles. The van der Waals surface area contributed by atoms with Gasteiger partial charge in [0.2, 0.25) is 0 Å². The third-order valence-corrected chi connectivity index (χ3v) is 3.16. The number of rotatable bonds is 5. The summed E-state index contributed by atoms with van der Waals surface area (Å²) in [5, 5.41) is 0. The minimum absolute atomic E-state index is 0.187. The molecule has 0 bridgehead atoms. The van der Waals surface area contributed by atoms with E-state index in [1.54, 1.807) is 11.9 Å². The highest BCUT2D eigenvalue weighted by molar-refractivity contribution is 7.99. The SMILES string of the molecule is CCCCC(=NSC(C)(C)C)c1ccccc1. The van der Waals surface area contributed by atoms with Crippen molar-refractivity contribution < 1.29 is 0 Å². The van der Waals surface area contributed by atoms with Gasteiger partial charge < -0.3 is 0 Å². The molecule has 94 valence electrons. The fraction of sp³-hybridized carbons (Fsp3) is 0.533. The molecule has 0 fully saturated rings. The van der Waals surface area contributed by atoms with Gasteiger partial charge in [0.1, 0.15) is 0 Å². The average Bonchev–Trinajstić information content (AvgIpc) is 2.29. The largest absolute Gasteiger partial charge is 0.220 e. The summed E-state index contributed by atoms with van der Waals surface area (Å²) < 4.78 is 4.92. The molecule has 1 aromatic rings. The summed E-state index contributed by atoms with van der Waals surface area (Å²) in [7, 11) is 0. The molecule has 2 heteroatoms. The summed E-state index contributed by atoms with van der Waals surface area (Å²) in [6, 6.07) is 10.5. The van der Waals surface area contributed by atoms with Crippen LogP contribution < -0.4 is 0 Å². The zero-order chi connectivity index (χ0) is 12.7. The van der Waals surface area contributed by atoms with Crippen molar-refractivity contribution in [2.75, 3.05) is 0 Å². The van der Waals surface area contributed by atoms with Crippen molar-refractivity contribution in [1.29, 1.82) is 0 Å². The van der Waals surface area contributed by atoms with E-state index in [1.807, 2.05) is 0 Å². The van der Waals surface area contributed by atoms with E-state index < -0.39 is 0 Å². The first kappa shape index (κ1) is 14.3. The number of benzene rings is 1. The molecular formula is C15H23NS. The number of hydrogen-bond donors (Lipinski definition) is 0. The lowest BCUT2D eigenvalue weighted by molar-refractivity contribution is 0.803. The van der Waals surface area contributed by atoms with Gasteiger partial charge in [-0.2, -0.15) is 0 Å². The Morgan fingerprint density at radius 2 is 1.82 bits per heavy atom. The van der Waals surface area contributed by atoms with Gasteiger partial charge in [0, 0.05) is 4.75 Å². The van der Waals surface area contributed by atoms with E-state index >= 15 is 0 Å². The van der Waals surface area contributed by atoms with Crippen LogP contribution in [0.3, 0.4) is 0 Å². The van der Waals surface area contributed by atoms with E-state index in [0.29, 0.717) is 0 Å². The maximum Gasteiger partial charge on any atom is 0.0559 e. The van der Waals surface area contributed by atoms with E-state index in [9.17, 15) is 0 Å². The second-order valence-corrected chi connectivity index (χ2v) is 6.80. The van der Waals surface area contributed by atoms with Crippen molar-refractivity contribution in [3.8, 4) is 0 Å². The molecule has 0 unspecified atom stereocenters. The zero-order valence-corrected chi connectivity index (χ0v) is 12.2. The molecule has 0 saturated carbocycles. The molecule has 0 saturated heterocycles. The Labute approximate surface area is 110 Å². The van der Waals surface area contributed by atoms with Gasteiger partial charge in [0.05, 0.1) is 5.71 Å². The number of nitrogens with zero attached hydrogens (tertiary/aromatic N) is 1. The predicted octanol–water partition coefficient (Wildman–Crippen LogP) is 5.11. The van der Waals surface area contributed by atoms with E-state index in [1.165, 1.54) is 24.1 Å². The third kappa shape index (κ3) is 5.92. The third-order valence-electron chi connectivity index (χ3n) is 2.30. The van der Waals surface area contributed by atoms with E-state index in [2.05, 4.69) is 58.0 Å². The highest BCUT2D eigenvalue weighted by atomic mass is 32.2. The molecule has 1 nitrogen and oxygen atoms in total. The normalized spacial score (nSPS) is 12.8. The lowest BCUT2D eigenvalue weighted by atomic mass is 10.1. The van der Waals surface area contributed by atoms with Crippen LogP contribution in [0, 0.1) is 0 Å². The summed E-state index contributed by atoms with van der Waals surface area (Å²) in [6.07, 6.45) is 3.49. The highest BCUT2D eigenvalue weighted by Gasteiger charge is 2.11. The van der Waals surface area contributed by atoms with Gasteiger partial charge >= 0.3 is 0 Å². The van der Waals surface area contributed by atoms with Crippen LogP contribution in [-0.2, 0) is 0 Å². The van der Waals surface area contributed by atoms with Crippen LogP contribution in [0.4, 0.5) is 0 Å². The van der Waals surface area contributed by atoms with Crippen molar-refractivity contribution in [1.82, 2.24) is 0 Å². The monoisotopic (exact) mass is 249 g/mol. The predicted molar refractivity (Wildman–Crippen MR) is 79.8 cm³/mol. The van der Waals surface area contributed by atoms with Crippen LogP contribution >= 0.6 is 11.9 Å². The van der Waals surface area contributed by atoms with Crippen LogP contribution in [0.25, 0.3) is 0 Å². The fourth-order valence-corrected chi connectivity index (χ4v) is 1.99. The first-order chi connectivity index (χ1) is 8.03. The summed E-state index contributed by atoms with van der Waals surface area (Å²) >= 11 is 1.67. The van der Waals surface area contributed by atoms with E-state index in [-0.39, 0.29) is 4.75 Å². The van der Waals surface area contributed by atoms with E-state index in [0.717, 1.165) is 6.42 Å². The maximum atomic E-state index is 4.74. The van der Waals surface area contributed by atoms with Crippen molar-refractivity contribution in [2.45, 2.75) is 51.7 Å². The second kappa shape index (κ2) is 6.85. The Kier molecular flexibility index (Phi) is 5.76. The van der Waals surface area contributed by atoms with Gasteiger partial charge in [0.15, 0.2) is 0 Å². The molecule has 0 spiro atoms. The molecular weight excluding hydrogens is 226 g/mol. The topological polar surface area (TPSA) is 12.4 Å². The van der Waals surface area contributed by atoms with Gasteiger partial charge in [-0.25, -0.2) is 4.40 Å². The van der Waals surface area contributed by atoms with Gasteiger partial charge in [-0.3, -0.25) is 0 Å². The molecule has 0 aromatic heterocycles. The minimum atomic E-state index is 0.187. The minimum Gasteiger partial charge on any atom is -0.220 e. The van der Waals surface area contributed by atoms with Crippen LogP contribution in [0.5, 0.6) is 0 Å². The van der Waals surface area contributed by atoms with E-state index in [4.69, 9.17) is 4.40 Å². The summed E-state index contributed by atoms with van der Waals surface area (Å²) in [6.45, 7) is 8.82. The van der Waals surface area contributed by atoms with Crippen LogP contribution in [0.2, 0.25) is 0 Å². The summed E-state index contributed by atoms with van der Waals surface area (Å²) in [4.78, 5) is 0. The van der Waals surface area contributed by atoms with Gasteiger partial charge in [-0.15, -0.1) is 0 Å². The fourth-order valence-electron chi connectivity index (χ4n) is 1.41. The molecule has 0 radical (unpaired) electrons. The van der Waals surface area contributed by atoms with Gasteiger partial charge in [-0.1, -0.05) is 43.7 Å². The second-order valence-electron chi connectivity index (χ2n) is 5.21. The molecule has 0 atom stereocenters. The smallest absolute Gasteiger partial charge is 0.0559 e. The molecule has 0 aliphatic carbocycles. The Hall–Kier alpha value is -0.760. The Morgan fingerprint density at radius 3 is 2.35 bits per heavy atom. The van der Waals surface area contributed by atoms with Crippen LogP contribution in [0.1, 0.15) is 52.5 Å². The lowest BCUT2D eigenvalue weighted by Gasteiger charge is -2.15. The zero-order valence-electron chi connectivity index (χ0n) is 11.4. The molecule has 0 N–H and O–H groups in total.